The number of hydrogen-bond acceptors (Lipinski definition) is 2. The van der Waals surface area contributed by atoms with Gasteiger partial charge in [-0.1, -0.05) is 11.6 Å². The van der Waals surface area contributed by atoms with Crippen LogP contribution in [0.15, 0.2) is 12.3 Å². The first-order chi connectivity index (χ1) is 7.70. The van der Waals surface area contributed by atoms with Gasteiger partial charge in [-0.15, -0.1) is 0 Å². The van der Waals surface area contributed by atoms with Crippen LogP contribution in [0.4, 0.5) is 0 Å². The van der Waals surface area contributed by atoms with Crippen molar-refractivity contribution in [2.24, 2.45) is 5.92 Å². The number of aryl methyl sites for hydroxylation is 1. The molecule has 1 aromatic heterocycles. The van der Waals surface area contributed by atoms with Gasteiger partial charge in [-0.3, -0.25) is 4.98 Å². The van der Waals surface area contributed by atoms with Gasteiger partial charge in [0.05, 0.1) is 10.7 Å². The number of carbonyl (C=O) groups is 1. The van der Waals surface area contributed by atoms with Crippen LogP contribution in [-0.2, 0) is 4.79 Å². The van der Waals surface area contributed by atoms with Crippen LogP contribution >= 0.6 is 11.6 Å². The number of rotatable bonds is 2. The molecule has 1 aliphatic rings. The standard InChI is InChI=1S/C13H16ClNO/c1-9-13(14)6-12(7-15-9)11-4-2-10(8-16)3-5-11/h6-8,10-11H,2-5H2,1H3/t10-,11-. The Kier molecular flexibility index (Phi) is 3.59. The van der Waals surface area contributed by atoms with E-state index in [1.54, 1.807) is 0 Å². The molecule has 1 aromatic rings. The molecule has 0 bridgehead atoms. The molecule has 86 valence electrons. The zero-order valence-electron chi connectivity index (χ0n) is 9.45. The number of aromatic nitrogens is 1. The summed E-state index contributed by atoms with van der Waals surface area (Å²) in [5, 5.41) is 0.745. The van der Waals surface area contributed by atoms with Crippen LogP contribution < -0.4 is 0 Å². The molecular formula is C13H16ClNO. The highest BCUT2D eigenvalue weighted by Crippen LogP contribution is 2.35. The lowest BCUT2D eigenvalue weighted by molar-refractivity contribution is -0.111. The molecular weight excluding hydrogens is 222 g/mol. The summed E-state index contributed by atoms with van der Waals surface area (Å²) >= 11 is 6.07. The SMILES string of the molecule is Cc1ncc([C@H]2CC[C@H](C=O)CC2)cc1Cl. The molecule has 3 heteroatoms. The van der Waals surface area contributed by atoms with Gasteiger partial charge in [0, 0.05) is 12.1 Å². The van der Waals surface area contributed by atoms with E-state index in [1.165, 1.54) is 5.56 Å². The summed E-state index contributed by atoms with van der Waals surface area (Å²) in [5.74, 6) is 0.798. The molecule has 0 spiro atoms. The predicted molar refractivity (Wildman–Crippen MR) is 64.7 cm³/mol. The lowest BCUT2D eigenvalue weighted by Gasteiger charge is -2.25. The summed E-state index contributed by atoms with van der Waals surface area (Å²) in [6.45, 7) is 1.91. The Morgan fingerprint density at radius 2 is 2.06 bits per heavy atom. The van der Waals surface area contributed by atoms with E-state index in [2.05, 4.69) is 4.98 Å². The van der Waals surface area contributed by atoms with E-state index in [-0.39, 0.29) is 5.92 Å². The predicted octanol–water partition coefficient (Wildman–Crippen LogP) is 3.52. The Morgan fingerprint density at radius 1 is 1.38 bits per heavy atom. The first-order valence-electron chi connectivity index (χ1n) is 5.78. The molecule has 1 heterocycles. The third-order valence-corrected chi connectivity index (χ3v) is 3.86. The maximum atomic E-state index is 10.7. The van der Waals surface area contributed by atoms with E-state index in [0.29, 0.717) is 5.92 Å². The van der Waals surface area contributed by atoms with Gasteiger partial charge in [-0.2, -0.15) is 0 Å². The normalized spacial score (nSPS) is 25.4. The van der Waals surface area contributed by atoms with Gasteiger partial charge in [-0.25, -0.2) is 0 Å². The molecule has 1 aliphatic carbocycles. The highest BCUT2D eigenvalue weighted by molar-refractivity contribution is 6.31. The minimum Gasteiger partial charge on any atom is -0.303 e. The highest BCUT2D eigenvalue weighted by atomic mass is 35.5. The van der Waals surface area contributed by atoms with Gasteiger partial charge in [0.1, 0.15) is 6.29 Å². The second kappa shape index (κ2) is 4.96. The van der Waals surface area contributed by atoms with Crippen molar-refractivity contribution in [3.05, 3.63) is 28.5 Å². The molecule has 1 fully saturated rings. The van der Waals surface area contributed by atoms with E-state index in [9.17, 15) is 4.79 Å². The summed E-state index contributed by atoms with van der Waals surface area (Å²) in [6, 6.07) is 2.02. The Labute approximate surface area is 101 Å². The molecule has 16 heavy (non-hydrogen) atoms. The minimum atomic E-state index is 0.269. The fraction of sp³-hybridized carbons (Fsp3) is 0.538. The van der Waals surface area contributed by atoms with E-state index >= 15 is 0 Å². The first kappa shape index (κ1) is 11.6. The van der Waals surface area contributed by atoms with Crippen LogP contribution in [0.25, 0.3) is 0 Å². The second-order valence-electron chi connectivity index (χ2n) is 4.58. The van der Waals surface area contributed by atoms with Crippen molar-refractivity contribution in [3.63, 3.8) is 0 Å². The van der Waals surface area contributed by atoms with Gasteiger partial charge in [-0.05, 0) is 50.2 Å². The van der Waals surface area contributed by atoms with E-state index in [1.807, 2.05) is 19.2 Å². The first-order valence-corrected chi connectivity index (χ1v) is 6.16. The number of carbonyl (C=O) groups excluding carboxylic acids is 1. The Morgan fingerprint density at radius 3 is 2.62 bits per heavy atom. The molecule has 0 aliphatic heterocycles. The van der Waals surface area contributed by atoms with E-state index in [0.717, 1.165) is 42.7 Å². The average molecular weight is 238 g/mol. The third kappa shape index (κ3) is 2.43. The molecule has 0 N–H and O–H groups in total. The van der Waals surface area contributed by atoms with Gasteiger partial charge in [0.25, 0.3) is 0 Å². The third-order valence-electron chi connectivity index (χ3n) is 3.48. The Bertz CT molecular complexity index is 384. The van der Waals surface area contributed by atoms with Crippen molar-refractivity contribution in [1.29, 1.82) is 0 Å². The van der Waals surface area contributed by atoms with E-state index in [4.69, 9.17) is 11.6 Å². The zero-order valence-corrected chi connectivity index (χ0v) is 10.2. The van der Waals surface area contributed by atoms with Crippen molar-refractivity contribution in [2.75, 3.05) is 0 Å². The summed E-state index contributed by atoms with van der Waals surface area (Å²) in [6.07, 6.45) is 7.16. The number of nitrogens with zero attached hydrogens (tertiary/aromatic N) is 1. The molecule has 2 nitrogen and oxygen atoms in total. The molecule has 0 saturated heterocycles. The lowest BCUT2D eigenvalue weighted by Crippen LogP contribution is -2.14. The maximum Gasteiger partial charge on any atom is 0.123 e. The van der Waals surface area contributed by atoms with Crippen molar-refractivity contribution < 1.29 is 4.79 Å². The number of hydrogen-bond donors (Lipinski definition) is 0. The van der Waals surface area contributed by atoms with Crippen LogP contribution in [0.5, 0.6) is 0 Å². The quantitative estimate of drug-likeness (QED) is 0.737. The second-order valence-corrected chi connectivity index (χ2v) is 4.99. The van der Waals surface area contributed by atoms with Crippen molar-refractivity contribution in [3.8, 4) is 0 Å². The number of pyridine rings is 1. The molecule has 0 radical (unpaired) electrons. The Balaban J connectivity index is 2.08. The molecule has 0 atom stereocenters. The fourth-order valence-corrected chi connectivity index (χ4v) is 2.51. The summed E-state index contributed by atoms with van der Waals surface area (Å²) in [7, 11) is 0. The topological polar surface area (TPSA) is 30.0 Å². The molecule has 0 amide bonds. The van der Waals surface area contributed by atoms with Crippen LogP contribution in [0, 0.1) is 12.8 Å². The highest BCUT2D eigenvalue weighted by Gasteiger charge is 2.22. The summed E-state index contributed by atoms with van der Waals surface area (Å²) in [5.41, 5.74) is 2.10. The molecule has 1 saturated carbocycles. The maximum absolute atomic E-state index is 10.7. The van der Waals surface area contributed by atoms with Crippen LogP contribution in [-0.4, -0.2) is 11.3 Å². The summed E-state index contributed by atoms with van der Waals surface area (Å²) < 4.78 is 0. The molecule has 0 unspecified atom stereocenters. The van der Waals surface area contributed by atoms with Gasteiger partial charge < -0.3 is 4.79 Å². The van der Waals surface area contributed by atoms with Crippen LogP contribution in [0.2, 0.25) is 5.02 Å². The molecule has 0 aromatic carbocycles. The largest absolute Gasteiger partial charge is 0.303 e. The van der Waals surface area contributed by atoms with Crippen molar-refractivity contribution in [2.45, 2.75) is 38.5 Å². The Hall–Kier alpha value is -0.890. The van der Waals surface area contributed by atoms with Crippen molar-refractivity contribution >= 4 is 17.9 Å². The van der Waals surface area contributed by atoms with Gasteiger partial charge in [0.15, 0.2) is 0 Å². The number of halogens is 1. The number of aldehydes is 1. The average Bonchev–Trinajstić information content (AvgIpc) is 2.33. The minimum absolute atomic E-state index is 0.269. The fourth-order valence-electron chi connectivity index (χ4n) is 2.33. The zero-order chi connectivity index (χ0) is 11.5. The van der Waals surface area contributed by atoms with E-state index < -0.39 is 0 Å². The van der Waals surface area contributed by atoms with Crippen molar-refractivity contribution in [1.82, 2.24) is 4.98 Å². The van der Waals surface area contributed by atoms with Gasteiger partial charge >= 0.3 is 0 Å². The smallest absolute Gasteiger partial charge is 0.123 e. The van der Waals surface area contributed by atoms with Crippen LogP contribution in [0.3, 0.4) is 0 Å². The van der Waals surface area contributed by atoms with Crippen LogP contribution in [0.1, 0.15) is 42.9 Å². The van der Waals surface area contributed by atoms with Gasteiger partial charge in [0.2, 0.25) is 0 Å². The molecule has 2 rings (SSSR count). The monoisotopic (exact) mass is 237 g/mol. The lowest BCUT2D eigenvalue weighted by atomic mass is 9.80. The summed E-state index contributed by atoms with van der Waals surface area (Å²) in [4.78, 5) is 15.0.